The van der Waals surface area contributed by atoms with Gasteiger partial charge in [-0.15, -0.1) is 0 Å². The van der Waals surface area contributed by atoms with Crippen LogP contribution in [0.4, 0.5) is 0 Å². The van der Waals surface area contributed by atoms with Gasteiger partial charge in [-0.05, 0) is 91.6 Å². The van der Waals surface area contributed by atoms with E-state index in [1.165, 1.54) is 0 Å². The predicted octanol–water partition coefficient (Wildman–Crippen LogP) is 9.48. The molecule has 2 aromatic carbocycles. The molecule has 14 nitrogen and oxygen atoms in total. The zero-order valence-electron chi connectivity index (χ0n) is 38.0. The van der Waals surface area contributed by atoms with Crippen LogP contribution in [0.15, 0.2) is 85.2 Å². The highest BCUT2D eigenvalue weighted by Crippen LogP contribution is 2.37. The summed E-state index contributed by atoms with van der Waals surface area (Å²) in [4.78, 5) is 40.3. The van der Waals surface area contributed by atoms with Gasteiger partial charge in [0.05, 0.1) is 75.1 Å². The lowest BCUT2D eigenvalue weighted by Gasteiger charge is -2.24. The van der Waals surface area contributed by atoms with E-state index in [-0.39, 0.29) is 30.7 Å². The van der Waals surface area contributed by atoms with Crippen molar-refractivity contribution >= 4 is 45.0 Å². The minimum atomic E-state index is 0.129. The maximum absolute atomic E-state index is 11.6. The largest absolute Gasteiger partial charge is 0.493 e. The Morgan fingerprint density at radius 1 is 0.627 bits per heavy atom. The number of benzene rings is 2. The Hall–Kier alpha value is -5.93. The molecule has 0 unspecified atom stereocenters. The molecule has 15 heteroatoms. The number of aliphatic hydroxyl groups is 1. The minimum absolute atomic E-state index is 0.129. The third-order valence-corrected chi connectivity index (χ3v) is 12.7. The molecule has 6 heterocycles. The molecule has 0 bridgehead atoms. The van der Waals surface area contributed by atoms with Crippen molar-refractivity contribution in [3.05, 3.63) is 90.3 Å². The van der Waals surface area contributed by atoms with Crippen molar-refractivity contribution in [3.8, 4) is 51.4 Å². The number of ketones is 2. The Bertz CT molecular complexity index is 2640. The molecule has 4 aliphatic rings. The summed E-state index contributed by atoms with van der Waals surface area (Å²) < 4.78 is 40.4. The van der Waals surface area contributed by atoms with Gasteiger partial charge in [-0.25, -0.2) is 9.97 Å². The molecule has 4 fully saturated rings. The van der Waals surface area contributed by atoms with E-state index < -0.39 is 0 Å². The summed E-state index contributed by atoms with van der Waals surface area (Å²) in [7, 11) is 3.28. The number of aromatic nitrogens is 4. The number of rotatable bonds is 12. The number of pyridine rings is 4. The van der Waals surface area contributed by atoms with Crippen LogP contribution in [0.25, 0.3) is 44.3 Å². The van der Waals surface area contributed by atoms with Gasteiger partial charge in [0, 0.05) is 92.8 Å². The lowest BCUT2D eigenvalue weighted by Crippen LogP contribution is -2.26. The molecule has 2 atom stereocenters. The van der Waals surface area contributed by atoms with E-state index in [1.807, 2.05) is 72.8 Å². The zero-order chi connectivity index (χ0) is 46.5. The second kappa shape index (κ2) is 23.2. The van der Waals surface area contributed by atoms with Crippen LogP contribution in [-0.2, 0) is 19.1 Å². The summed E-state index contributed by atoms with van der Waals surface area (Å²) in [6.07, 6.45) is 11.6. The average Bonchev–Trinajstić information content (AvgIpc) is 4.01. The van der Waals surface area contributed by atoms with Crippen molar-refractivity contribution in [2.75, 3.05) is 53.9 Å². The molecule has 10 rings (SSSR count). The molecule has 2 aliphatic heterocycles. The molecule has 2 aliphatic carbocycles. The van der Waals surface area contributed by atoms with E-state index in [4.69, 9.17) is 54.8 Å². The molecule has 0 amide bonds. The Morgan fingerprint density at radius 3 is 1.63 bits per heavy atom. The number of hydrogen-bond donors (Lipinski definition) is 1. The fourth-order valence-electron chi connectivity index (χ4n) is 8.56. The molecular weight excluding hydrogens is 876 g/mol. The van der Waals surface area contributed by atoms with E-state index in [2.05, 4.69) is 15.0 Å². The third kappa shape index (κ3) is 12.5. The summed E-state index contributed by atoms with van der Waals surface area (Å²) >= 11 is 6.33. The second-order valence-electron chi connectivity index (χ2n) is 17.1. The summed E-state index contributed by atoms with van der Waals surface area (Å²) in [5.41, 5.74) is 4.90. The fourth-order valence-corrected chi connectivity index (χ4v) is 8.81. The normalized spacial score (nSPS) is 18.7. The molecule has 67 heavy (non-hydrogen) atoms. The van der Waals surface area contributed by atoms with E-state index in [0.717, 1.165) is 121 Å². The van der Waals surface area contributed by atoms with Crippen LogP contribution in [0.5, 0.6) is 28.9 Å². The summed E-state index contributed by atoms with van der Waals surface area (Å²) in [5, 5.41) is 10.7. The van der Waals surface area contributed by atoms with Gasteiger partial charge in [-0.3, -0.25) is 19.6 Å². The molecule has 0 radical (unpaired) electrons. The summed E-state index contributed by atoms with van der Waals surface area (Å²) in [6, 6.07) is 23.1. The SMILES string of the molecule is COc1cc(-c2cc3ncccc3c(Cl)n2)ccc1OC1CCOCC1.COc1cc(-c2cc3ncccc3c(OC[C@H]3CCC(=O)C3)n2)ccc1OC1CCOCC1.O=C1CC[C@H](CO)C1. The van der Waals surface area contributed by atoms with Crippen molar-refractivity contribution in [2.24, 2.45) is 11.8 Å². The maximum atomic E-state index is 11.6. The standard InChI is InChI=1S/C26H28N2O5.C20H19ClN2O3.C6H10O2/c1-30-25-14-18(5-7-24(25)33-20-8-11-31-12-9-20)22-15-23-21(3-2-10-27-23)26(28-22)32-16-17-4-6-19(29)13-17;1-24-19-11-13(4-5-18(19)26-14-6-9-25-10-7-14)16-12-17-15(20(21)23-16)3-2-8-22-17;7-4-5-1-2-6(8)3-5/h2-3,5,7,10,14-15,17,20H,4,6,8-9,11-13,16H2,1H3;2-5,8,11-12,14H,6-7,9-10H2,1H3;5,7H,1-4H2/t17-;;5-/m0.0/s1. The number of hydrogen-bond acceptors (Lipinski definition) is 14. The minimum Gasteiger partial charge on any atom is -0.493 e. The van der Waals surface area contributed by atoms with E-state index in [0.29, 0.717) is 66.4 Å². The van der Waals surface area contributed by atoms with Gasteiger partial charge in [-0.1, -0.05) is 11.6 Å². The molecule has 6 aromatic rings. The Morgan fingerprint density at radius 2 is 1.13 bits per heavy atom. The summed E-state index contributed by atoms with van der Waals surface area (Å²) in [5.74, 6) is 4.47. The first kappa shape index (κ1) is 47.6. The van der Waals surface area contributed by atoms with Crippen LogP contribution in [0, 0.1) is 11.8 Å². The van der Waals surface area contributed by atoms with E-state index in [1.54, 1.807) is 26.6 Å². The van der Waals surface area contributed by atoms with Gasteiger partial charge >= 0.3 is 0 Å². The van der Waals surface area contributed by atoms with Crippen LogP contribution in [-0.4, -0.2) is 103 Å². The fraction of sp³-hybridized carbons (Fsp3) is 0.423. The number of halogens is 1. The second-order valence-corrected chi connectivity index (χ2v) is 17.5. The molecule has 0 spiro atoms. The lowest BCUT2D eigenvalue weighted by atomic mass is 10.1. The zero-order valence-corrected chi connectivity index (χ0v) is 38.8. The maximum Gasteiger partial charge on any atom is 0.223 e. The predicted molar refractivity (Wildman–Crippen MR) is 254 cm³/mol. The number of fused-ring (bicyclic) bond motifs is 2. The first-order chi connectivity index (χ1) is 32.8. The number of nitrogens with zero attached hydrogens (tertiary/aromatic N) is 4. The highest BCUT2D eigenvalue weighted by atomic mass is 35.5. The number of Topliss-reactive ketones (excluding diaryl/α,β-unsaturated/α-hetero) is 2. The average molecular weight is 933 g/mol. The number of carbonyl (C=O) groups is 2. The van der Waals surface area contributed by atoms with Crippen molar-refractivity contribution < 1.29 is 47.9 Å². The Kier molecular flexibility index (Phi) is 16.5. The first-order valence-electron chi connectivity index (χ1n) is 23.1. The van der Waals surface area contributed by atoms with Crippen LogP contribution >= 0.6 is 11.6 Å². The van der Waals surface area contributed by atoms with Crippen molar-refractivity contribution in [1.29, 1.82) is 0 Å². The number of ether oxygens (including phenoxy) is 7. The number of aliphatic hydroxyl groups excluding tert-OH is 1. The quantitative estimate of drug-likeness (QED) is 0.115. The van der Waals surface area contributed by atoms with Crippen LogP contribution in [0.1, 0.15) is 64.2 Å². The van der Waals surface area contributed by atoms with Crippen LogP contribution in [0.2, 0.25) is 5.15 Å². The van der Waals surface area contributed by atoms with Gasteiger partial charge < -0.3 is 38.3 Å². The number of carbonyl (C=O) groups excluding carboxylic acids is 2. The molecule has 352 valence electrons. The van der Waals surface area contributed by atoms with Crippen molar-refractivity contribution in [2.45, 2.75) is 76.4 Å². The highest BCUT2D eigenvalue weighted by Gasteiger charge is 2.25. The molecular formula is C52H57ClN4O10. The molecule has 1 N–H and O–H groups in total. The van der Waals surface area contributed by atoms with Gasteiger partial charge in [-0.2, -0.15) is 0 Å². The smallest absolute Gasteiger partial charge is 0.223 e. The monoisotopic (exact) mass is 932 g/mol. The highest BCUT2D eigenvalue weighted by molar-refractivity contribution is 6.34. The number of methoxy groups -OCH3 is 2. The van der Waals surface area contributed by atoms with E-state index >= 15 is 0 Å². The topological polar surface area (TPSA) is 171 Å². The van der Waals surface area contributed by atoms with Gasteiger partial charge in [0.15, 0.2) is 23.0 Å². The van der Waals surface area contributed by atoms with Gasteiger partial charge in [0.25, 0.3) is 0 Å². The lowest BCUT2D eigenvalue weighted by molar-refractivity contribution is -0.118. The Labute approximate surface area is 395 Å². The van der Waals surface area contributed by atoms with Crippen LogP contribution in [0.3, 0.4) is 0 Å². The molecule has 2 saturated heterocycles. The van der Waals surface area contributed by atoms with Gasteiger partial charge in [0.1, 0.15) is 28.9 Å². The molecule has 2 saturated carbocycles. The van der Waals surface area contributed by atoms with Crippen molar-refractivity contribution in [3.63, 3.8) is 0 Å². The van der Waals surface area contributed by atoms with Crippen LogP contribution < -0.4 is 23.7 Å². The third-order valence-electron chi connectivity index (χ3n) is 12.4. The van der Waals surface area contributed by atoms with Crippen molar-refractivity contribution in [1.82, 2.24) is 19.9 Å². The first-order valence-corrected chi connectivity index (χ1v) is 23.4. The van der Waals surface area contributed by atoms with Gasteiger partial charge in [0.2, 0.25) is 5.88 Å². The molecule has 4 aromatic heterocycles. The van der Waals surface area contributed by atoms with E-state index in [9.17, 15) is 9.59 Å². The summed E-state index contributed by atoms with van der Waals surface area (Å²) in [6.45, 7) is 3.57. The Balaban J connectivity index is 0.000000159.